The Morgan fingerprint density at radius 3 is 2.16 bits per heavy atom. The maximum Gasteiger partial charge on any atom is 0.317 e. The fraction of sp³-hybridized carbons (Fsp3) is 0.481. The van der Waals surface area contributed by atoms with E-state index in [0.29, 0.717) is 76.1 Å². The monoisotopic (exact) mass is 1000 g/mol. The van der Waals surface area contributed by atoms with Crippen LogP contribution in [0.4, 0.5) is 5.69 Å². The molecule has 73 heavy (non-hydrogen) atoms. The molecule has 2 aliphatic rings. The van der Waals surface area contributed by atoms with Gasteiger partial charge < -0.3 is 40.8 Å². The highest BCUT2D eigenvalue weighted by molar-refractivity contribution is 6.48. The highest BCUT2D eigenvalue weighted by Crippen LogP contribution is 2.38. The molecule has 0 aliphatic carbocycles. The van der Waals surface area contributed by atoms with Crippen molar-refractivity contribution in [2.75, 3.05) is 37.6 Å². The molecule has 0 spiro atoms. The number of amidine groups is 2. The number of likely N-dealkylation sites (N-methyl/N-ethyl adjacent to an activating group) is 1. The molecule has 8 N–H and O–H groups in total. The Kier molecular flexibility index (Phi) is 18.9. The molecule has 2 saturated heterocycles. The van der Waals surface area contributed by atoms with Gasteiger partial charge in [0.05, 0.1) is 23.0 Å². The number of rotatable bonds is 19. The number of benzene rings is 3. The van der Waals surface area contributed by atoms with E-state index in [1.807, 2.05) is 75.1 Å². The molecule has 1 radical (unpaired) electrons. The van der Waals surface area contributed by atoms with E-state index in [0.717, 1.165) is 11.1 Å². The average molecular weight is 1000 g/mol. The van der Waals surface area contributed by atoms with Gasteiger partial charge in [-0.2, -0.15) is 0 Å². The summed E-state index contributed by atoms with van der Waals surface area (Å²) < 4.78 is 6.60. The number of aromatic hydroxyl groups is 2. The number of nitrogens with zero attached hydrogens (tertiary/aromatic N) is 5. The van der Waals surface area contributed by atoms with Gasteiger partial charge in [-0.15, -0.1) is 0 Å². The number of nitrogens with one attached hydrogen (secondary N) is 5. The van der Waals surface area contributed by atoms with Crippen molar-refractivity contribution in [3.63, 3.8) is 0 Å². The van der Waals surface area contributed by atoms with Crippen molar-refractivity contribution in [1.82, 2.24) is 35.7 Å². The number of amides is 4. The van der Waals surface area contributed by atoms with E-state index in [4.69, 9.17) is 15.5 Å². The van der Waals surface area contributed by atoms with Gasteiger partial charge in [0.2, 0.25) is 11.8 Å². The number of carbonyl (C=O) groups excluding carboxylic acids is 4. The third-order valence-corrected chi connectivity index (χ3v) is 13.8. The van der Waals surface area contributed by atoms with Gasteiger partial charge in [-0.3, -0.25) is 44.8 Å². The van der Waals surface area contributed by atoms with Gasteiger partial charge in [-0.25, -0.2) is 4.98 Å². The van der Waals surface area contributed by atoms with Crippen LogP contribution in [0.1, 0.15) is 119 Å². The van der Waals surface area contributed by atoms with Crippen LogP contribution in [-0.2, 0) is 32.0 Å². The van der Waals surface area contributed by atoms with Gasteiger partial charge in [-0.05, 0) is 113 Å². The number of anilines is 1. The van der Waals surface area contributed by atoms with Crippen molar-refractivity contribution in [3.8, 4) is 11.5 Å². The van der Waals surface area contributed by atoms with E-state index < -0.39 is 46.7 Å². The summed E-state index contributed by atoms with van der Waals surface area (Å²) in [5.41, 5.74) is 0.513. The Balaban J connectivity index is 1.05. The average Bonchev–Trinajstić information content (AvgIpc) is 3.36. The predicted molar refractivity (Wildman–Crippen MR) is 281 cm³/mol. The lowest BCUT2D eigenvalue weighted by Gasteiger charge is -2.50. The van der Waals surface area contributed by atoms with Gasteiger partial charge in [-0.1, -0.05) is 70.2 Å². The number of phenols is 2. The van der Waals surface area contributed by atoms with E-state index in [9.17, 15) is 34.5 Å². The lowest BCUT2D eigenvalue weighted by molar-refractivity contribution is -0.157. The Morgan fingerprint density at radius 1 is 0.904 bits per heavy atom. The minimum atomic E-state index is -1.30. The van der Waals surface area contributed by atoms with Crippen LogP contribution in [0.2, 0.25) is 0 Å². The second-order valence-electron chi connectivity index (χ2n) is 20.4. The van der Waals surface area contributed by atoms with Crippen LogP contribution in [-0.4, -0.2) is 134 Å². The first-order valence-corrected chi connectivity index (χ1v) is 25.3. The van der Waals surface area contributed by atoms with Gasteiger partial charge in [0.1, 0.15) is 29.1 Å². The third kappa shape index (κ3) is 14.3. The number of aromatic nitrogens is 2. The summed E-state index contributed by atoms with van der Waals surface area (Å²) in [5, 5.41) is 59.3. The predicted octanol–water partition coefficient (Wildman–Crippen LogP) is 5.47. The van der Waals surface area contributed by atoms with E-state index in [-0.39, 0.29) is 65.2 Å². The number of hydrogen-bond donors (Lipinski definition) is 8. The first-order valence-electron chi connectivity index (χ1n) is 25.3. The van der Waals surface area contributed by atoms with Crippen LogP contribution < -0.4 is 20.9 Å². The Hall–Kier alpha value is -6.70. The SMILES string of the molecule is CCNC(=O)C(=N)N(C(=N)c1cc(C(C)C)c(O)cc1O)c1ccc(CN2CCC(C(=O)N3CCC(O[B]C(CC(C)C)NC(=O)C(Cc4ccccc4)NC(=O)c4cnccn4)(C(C)(C)O)CC3)CC2)cc1. The summed E-state index contributed by atoms with van der Waals surface area (Å²) in [5.74, 6) is -3.50. The quantitative estimate of drug-likeness (QED) is 0.0331. The zero-order valence-electron chi connectivity index (χ0n) is 43.2. The van der Waals surface area contributed by atoms with E-state index >= 15 is 0 Å². The largest absolute Gasteiger partial charge is 0.508 e. The van der Waals surface area contributed by atoms with E-state index in [2.05, 4.69) is 30.8 Å². The molecule has 4 amide bonds. The third-order valence-electron chi connectivity index (χ3n) is 13.8. The molecule has 2 fully saturated rings. The molecule has 4 aromatic rings. The molecule has 18 nitrogen and oxygen atoms in total. The number of hydrogen-bond acceptors (Lipinski definition) is 13. The molecule has 0 bridgehead atoms. The Labute approximate surface area is 429 Å². The second-order valence-corrected chi connectivity index (χ2v) is 20.4. The zero-order valence-corrected chi connectivity index (χ0v) is 43.2. The molecule has 2 unspecified atom stereocenters. The van der Waals surface area contributed by atoms with E-state index in [1.54, 1.807) is 40.4 Å². The Morgan fingerprint density at radius 2 is 1.58 bits per heavy atom. The van der Waals surface area contributed by atoms with Crippen molar-refractivity contribution in [1.29, 1.82) is 10.8 Å². The molecule has 3 heterocycles. The van der Waals surface area contributed by atoms with Crippen LogP contribution in [0.3, 0.4) is 0 Å². The molecule has 3 aromatic carbocycles. The summed E-state index contributed by atoms with van der Waals surface area (Å²) >= 11 is 0. The summed E-state index contributed by atoms with van der Waals surface area (Å²) in [6.07, 6.45) is 7.06. The second kappa shape index (κ2) is 24.8. The smallest absolute Gasteiger partial charge is 0.317 e. The van der Waals surface area contributed by atoms with Crippen LogP contribution in [0.5, 0.6) is 11.5 Å². The molecule has 2 atom stereocenters. The van der Waals surface area contributed by atoms with Crippen LogP contribution in [0.15, 0.2) is 85.3 Å². The Bertz CT molecular complexity index is 2540. The number of phenolic OH excluding ortho intramolecular Hbond substituents is 2. The fourth-order valence-corrected chi connectivity index (χ4v) is 9.51. The molecular formula is C54H72BN10O8. The molecular weight excluding hydrogens is 927 g/mol. The normalized spacial score (nSPS) is 16.1. The van der Waals surface area contributed by atoms with Crippen LogP contribution >= 0.6 is 0 Å². The first-order chi connectivity index (χ1) is 34.7. The van der Waals surface area contributed by atoms with Crippen molar-refractivity contribution in [3.05, 3.63) is 113 Å². The number of carbonyl (C=O) groups is 4. The van der Waals surface area contributed by atoms with Crippen molar-refractivity contribution < 1.29 is 39.2 Å². The van der Waals surface area contributed by atoms with Crippen molar-refractivity contribution in [2.24, 2.45) is 11.8 Å². The maximum atomic E-state index is 14.1. The molecule has 1 aromatic heterocycles. The highest BCUT2D eigenvalue weighted by atomic mass is 16.5. The number of likely N-dealkylation sites (tertiary alicyclic amines) is 2. The van der Waals surface area contributed by atoms with Gasteiger partial charge in [0.25, 0.3) is 11.8 Å². The van der Waals surface area contributed by atoms with Crippen molar-refractivity contribution >= 4 is 48.5 Å². The zero-order chi connectivity index (χ0) is 53.0. The van der Waals surface area contributed by atoms with Crippen LogP contribution in [0.25, 0.3) is 0 Å². The number of piperidine rings is 2. The van der Waals surface area contributed by atoms with Crippen LogP contribution in [0, 0.1) is 22.7 Å². The van der Waals surface area contributed by atoms with Gasteiger partial charge in [0, 0.05) is 68.6 Å². The van der Waals surface area contributed by atoms with Crippen molar-refractivity contribution in [2.45, 2.75) is 123 Å². The topological polar surface area (TPSA) is 257 Å². The standard InChI is InChI=1S/C54H72BN10O8/c1-8-59-51(70)48(57)65(47(56)41-30-40(35(4)5)44(66)31-45(41)67)39-16-14-37(15-17-39)33-63-24-18-38(19-25-63)52(71)64-26-20-54(21-27-64,53(6,7)72)73-55-46(28-34(2)3)62-49(68)42(29-36-12-10-9-11-13-36)61-50(69)43-32-58-22-23-60-43/h9-17,22-23,30-32,34-35,38,42,46,56-57,66-67,72H,8,18-21,24-29,33H2,1-7H3,(H,59,70)(H,61,69)(H,62,68). The highest BCUT2D eigenvalue weighted by Gasteiger charge is 2.48. The summed E-state index contributed by atoms with van der Waals surface area (Å²) in [7, 11) is 1.60. The molecule has 19 heteroatoms. The van der Waals surface area contributed by atoms with Gasteiger partial charge in [0.15, 0.2) is 5.84 Å². The summed E-state index contributed by atoms with van der Waals surface area (Å²) in [4.78, 5) is 67.6. The van der Waals surface area contributed by atoms with E-state index in [1.165, 1.54) is 35.6 Å². The lowest BCUT2D eigenvalue weighted by atomic mass is 9.73. The molecule has 6 rings (SSSR count). The minimum Gasteiger partial charge on any atom is -0.508 e. The summed E-state index contributed by atoms with van der Waals surface area (Å²) in [6.45, 7) is 16.0. The minimum absolute atomic E-state index is 0.0628. The number of aliphatic hydroxyl groups is 1. The fourth-order valence-electron chi connectivity index (χ4n) is 9.51. The molecule has 389 valence electrons. The maximum absolute atomic E-state index is 14.1. The lowest BCUT2D eigenvalue weighted by Crippen LogP contribution is -2.61. The summed E-state index contributed by atoms with van der Waals surface area (Å²) in [6, 6.07) is 18.4. The van der Waals surface area contributed by atoms with Gasteiger partial charge >= 0.3 is 7.48 Å². The molecule has 0 saturated carbocycles. The molecule has 2 aliphatic heterocycles. The first kappa shape index (κ1) is 55.6.